The zero-order valence-electron chi connectivity index (χ0n) is 9.89. The molecule has 0 bridgehead atoms. The average Bonchev–Trinajstić information content (AvgIpc) is 2.85. The molecule has 2 nitrogen and oxygen atoms in total. The molecular formula is C14H14Cl2N2. The first-order chi connectivity index (χ1) is 8.70. The maximum Gasteiger partial charge on any atom is 0.0946 e. The van der Waals surface area contributed by atoms with E-state index in [0.717, 1.165) is 18.5 Å². The molecule has 1 atom stereocenters. The lowest BCUT2D eigenvalue weighted by Gasteiger charge is -2.16. The van der Waals surface area contributed by atoms with Crippen molar-refractivity contribution in [2.24, 2.45) is 0 Å². The third-order valence-electron chi connectivity index (χ3n) is 2.86. The molecule has 18 heavy (non-hydrogen) atoms. The summed E-state index contributed by atoms with van der Waals surface area (Å²) in [5.74, 6) is 0.325. The number of hydrogen-bond donors (Lipinski definition) is 0. The third-order valence-corrected chi connectivity index (χ3v) is 3.60. The fraction of sp³-hybridized carbons (Fsp3) is 0.214. The van der Waals surface area contributed by atoms with Gasteiger partial charge in [-0.25, -0.2) is 4.98 Å². The predicted molar refractivity (Wildman–Crippen MR) is 76.2 cm³/mol. The summed E-state index contributed by atoms with van der Waals surface area (Å²) in [6.45, 7) is 4.66. The quantitative estimate of drug-likeness (QED) is 0.735. The third kappa shape index (κ3) is 3.15. The molecule has 1 heterocycles. The van der Waals surface area contributed by atoms with E-state index in [1.165, 1.54) is 0 Å². The molecule has 0 aliphatic carbocycles. The molecule has 0 radical (unpaired) electrons. The van der Waals surface area contributed by atoms with E-state index in [1.54, 1.807) is 6.20 Å². The van der Waals surface area contributed by atoms with Crippen molar-refractivity contribution in [2.45, 2.75) is 18.9 Å². The molecular weight excluding hydrogens is 267 g/mol. The van der Waals surface area contributed by atoms with Crippen molar-refractivity contribution < 1.29 is 0 Å². The van der Waals surface area contributed by atoms with Gasteiger partial charge in [-0.3, -0.25) is 0 Å². The summed E-state index contributed by atoms with van der Waals surface area (Å²) in [4.78, 5) is 4.05. The van der Waals surface area contributed by atoms with Crippen molar-refractivity contribution in [2.75, 3.05) is 0 Å². The molecule has 0 unspecified atom stereocenters. The normalized spacial score (nSPS) is 12.3. The summed E-state index contributed by atoms with van der Waals surface area (Å²) >= 11 is 12.0. The zero-order chi connectivity index (χ0) is 13.0. The van der Waals surface area contributed by atoms with Crippen molar-refractivity contribution >= 4 is 23.2 Å². The van der Waals surface area contributed by atoms with Crippen LogP contribution in [0.25, 0.3) is 0 Å². The number of aromatic nitrogens is 2. The van der Waals surface area contributed by atoms with Crippen LogP contribution >= 0.6 is 23.2 Å². The van der Waals surface area contributed by atoms with Crippen molar-refractivity contribution in [3.63, 3.8) is 0 Å². The molecule has 0 fully saturated rings. The van der Waals surface area contributed by atoms with Crippen LogP contribution in [0.1, 0.15) is 17.9 Å². The van der Waals surface area contributed by atoms with E-state index >= 15 is 0 Å². The lowest BCUT2D eigenvalue weighted by molar-refractivity contribution is 0.564. The number of rotatable bonds is 5. The molecule has 1 aromatic carbocycles. The summed E-state index contributed by atoms with van der Waals surface area (Å²) in [5, 5.41) is 1.18. The van der Waals surface area contributed by atoms with Gasteiger partial charge in [0.15, 0.2) is 0 Å². The Labute approximate surface area is 117 Å². The maximum atomic E-state index is 6.06. The molecule has 1 aromatic heterocycles. The second-order valence-corrected chi connectivity index (χ2v) is 4.97. The van der Waals surface area contributed by atoms with Gasteiger partial charge in [-0.2, -0.15) is 0 Å². The maximum absolute atomic E-state index is 6.06. The Bertz CT molecular complexity index is 521. The van der Waals surface area contributed by atoms with Gasteiger partial charge in [0.2, 0.25) is 0 Å². The van der Waals surface area contributed by atoms with Crippen molar-refractivity contribution in [3.8, 4) is 0 Å². The molecule has 0 N–H and O–H groups in total. The molecule has 0 aliphatic rings. The van der Waals surface area contributed by atoms with E-state index in [9.17, 15) is 0 Å². The van der Waals surface area contributed by atoms with E-state index in [-0.39, 0.29) is 0 Å². The lowest BCUT2D eigenvalue weighted by Crippen LogP contribution is -2.07. The summed E-state index contributed by atoms with van der Waals surface area (Å²) in [7, 11) is 0. The molecule has 2 rings (SSSR count). The molecule has 94 valence electrons. The first kappa shape index (κ1) is 13.2. The fourth-order valence-corrected chi connectivity index (χ4v) is 2.24. The first-order valence-corrected chi connectivity index (χ1v) is 6.48. The Morgan fingerprint density at radius 1 is 1.33 bits per heavy atom. The second kappa shape index (κ2) is 6.07. The number of benzene rings is 1. The highest BCUT2D eigenvalue weighted by molar-refractivity contribution is 6.42. The molecule has 0 spiro atoms. The number of halogens is 2. The van der Waals surface area contributed by atoms with Crippen LogP contribution < -0.4 is 0 Å². The van der Waals surface area contributed by atoms with E-state index in [4.69, 9.17) is 23.2 Å². The standard InChI is InChI=1S/C14H14Cl2N2/c1-2-3-12(9-18-7-6-17-10-18)11-4-5-13(15)14(16)8-11/h2,4-8,10,12H,1,3,9H2/t12-/m1/s1. The molecule has 2 aromatic rings. The highest BCUT2D eigenvalue weighted by atomic mass is 35.5. The largest absolute Gasteiger partial charge is 0.337 e. The number of allylic oxidation sites excluding steroid dienone is 1. The van der Waals surface area contributed by atoms with Crippen molar-refractivity contribution in [1.82, 2.24) is 9.55 Å². The monoisotopic (exact) mass is 280 g/mol. The molecule has 4 heteroatoms. The van der Waals surface area contributed by atoms with E-state index in [0.29, 0.717) is 16.0 Å². The van der Waals surface area contributed by atoms with Gasteiger partial charge >= 0.3 is 0 Å². The van der Waals surface area contributed by atoms with Gasteiger partial charge in [0, 0.05) is 24.9 Å². The van der Waals surface area contributed by atoms with Crippen LogP contribution in [0.4, 0.5) is 0 Å². The first-order valence-electron chi connectivity index (χ1n) is 5.72. The van der Waals surface area contributed by atoms with E-state index in [1.807, 2.05) is 36.8 Å². The smallest absolute Gasteiger partial charge is 0.0946 e. The van der Waals surface area contributed by atoms with Gasteiger partial charge in [0.25, 0.3) is 0 Å². The SMILES string of the molecule is C=CC[C@H](Cn1ccnc1)c1ccc(Cl)c(Cl)c1. The Kier molecular flexibility index (Phi) is 4.45. The second-order valence-electron chi connectivity index (χ2n) is 4.15. The Balaban J connectivity index is 2.23. The zero-order valence-corrected chi connectivity index (χ0v) is 11.4. The molecule has 0 amide bonds. The van der Waals surface area contributed by atoms with Crippen LogP contribution in [0.5, 0.6) is 0 Å². The molecule has 0 saturated carbocycles. The van der Waals surface area contributed by atoms with E-state index in [2.05, 4.69) is 16.1 Å². The minimum Gasteiger partial charge on any atom is -0.337 e. The van der Waals surface area contributed by atoms with Crippen molar-refractivity contribution in [3.05, 3.63) is 65.2 Å². The minimum absolute atomic E-state index is 0.325. The minimum atomic E-state index is 0.325. The van der Waals surface area contributed by atoms with Gasteiger partial charge in [-0.1, -0.05) is 35.3 Å². The van der Waals surface area contributed by atoms with Crippen LogP contribution in [-0.2, 0) is 6.54 Å². The summed E-state index contributed by atoms with van der Waals surface area (Å²) in [5.41, 5.74) is 1.16. The highest BCUT2D eigenvalue weighted by Crippen LogP contribution is 2.29. The number of nitrogens with zero attached hydrogens (tertiary/aromatic N) is 2. The highest BCUT2D eigenvalue weighted by Gasteiger charge is 2.12. The Hall–Kier alpha value is -1.25. The topological polar surface area (TPSA) is 17.8 Å². The lowest BCUT2D eigenvalue weighted by atomic mass is 9.95. The van der Waals surface area contributed by atoms with E-state index < -0.39 is 0 Å². The molecule has 0 aliphatic heterocycles. The van der Waals surface area contributed by atoms with Crippen LogP contribution in [0.2, 0.25) is 10.0 Å². The number of imidazole rings is 1. The van der Waals surface area contributed by atoms with Gasteiger partial charge in [-0.15, -0.1) is 6.58 Å². The van der Waals surface area contributed by atoms with Crippen LogP contribution in [0.15, 0.2) is 49.6 Å². The van der Waals surface area contributed by atoms with Crippen molar-refractivity contribution in [1.29, 1.82) is 0 Å². The van der Waals surface area contributed by atoms with Gasteiger partial charge < -0.3 is 4.57 Å². The van der Waals surface area contributed by atoms with Gasteiger partial charge in [-0.05, 0) is 24.1 Å². The number of hydrogen-bond acceptors (Lipinski definition) is 1. The summed E-state index contributed by atoms with van der Waals surface area (Å²) in [6.07, 6.45) is 8.35. The van der Waals surface area contributed by atoms with Gasteiger partial charge in [0.1, 0.15) is 0 Å². The Morgan fingerprint density at radius 2 is 2.17 bits per heavy atom. The van der Waals surface area contributed by atoms with Crippen LogP contribution in [-0.4, -0.2) is 9.55 Å². The average molecular weight is 281 g/mol. The Morgan fingerprint density at radius 3 is 2.78 bits per heavy atom. The van der Waals surface area contributed by atoms with Crippen LogP contribution in [0, 0.1) is 0 Å². The molecule has 0 saturated heterocycles. The van der Waals surface area contributed by atoms with Crippen LogP contribution in [0.3, 0.4) is 0 Å². The fourth-order valence-electron chi connectivity index (χ4n) is 1.93. The van der Waals surface area contributed by atoms with Gasteiger partial charge in [0.05, 0.1) is 16.4 Å². The summed E-state index contributed by atoms with van der Waals surface area (Å²) < 4.78 is 2.05. The summed E-state index contributed by atoms with van der Waals surface area (Å²) in [6, 6.07) is 5.78. The predicted octanol–water partition coefficient (Wildman–Crippen LogP) is 4.55.